The van der Waals surface area contributed by atoms with E-state index < -0.39 is 16.0 Å². The van der Waals surface area contributed by atoms with Crippen LogP contribution in [0.3, 0.4) is 0 Å². The largest absolute Gasteiger partial charge is 0.312 e. The normalized spacial score (nSPS) is 31.5. The maximum Gasteiger partial charge on any atom is 0.150 e. The molecule has 2 fully saturated rings. The third-order valence-corrected chi connectivity index (χ3v) is 7.28. The number of nitrogens with zero attached hydrogens (tertiary/aromatic N) is 3. The fourth-order valence-corrected chi connectivity index (χ4v) is 5.29. The van der Waals surface area contributed by atoms with Crippen LogP contribution in [-0.4, -0.2) is 65.9 Å². The van der Waals surface area contributed by atoms with Crippen molar-refractivity contribution in [2.24, 2.45) is 7.05 Å². The van der Waals surface area contributed by atoms with Gasteiger partial charge in [-0.25, -0.2) is 12.8 Å². The van der Waals surface area contributed by atoms with E-state index in [9.17, 15) is 12.8 Å². The molecule has 1 aromatic rings. The number of sulfone groups is 1. The van der Waals surface area contributed by atoms with Crippen LogP contribution in [0.15, 0.2) is 12.3 Å². The van der Waals surface area contributed by atoms with Gasteiger partial charge in [-0.2, -0.15) is 5.10 Å². The van der Waals surface area contributed by atoms with Crippen molar-refractivity contribution >= 4 is 9.84 Å². The number of hydrogen-bond donors (Lipinski definition) is 1. The SMILES string of the molecule is Cn1nccc1CN1C[C@@H](F)C[C@H]1CNC1CCCC(S(C)(=O)=O)C1. The molecule has 0 amide bonds. The minimum absolute atomic E-state index is 0.142. The molecule has 4 atom stereocenters. The van der Waals surface area contributed by atoms with Crippen molar-refractivity contribution in [1.82, 2.24) is 20.0 Å². The van der Waals surface area contributed by atoms with Crippen LogP contribution < -0.4 is 5.32 Å². The lowest BCUT2D eigenvalue weighted by atomic mass is 9.94. The van der Waals surface area contributed by atoms with Crippen LogP contribution >= 0.6 is 0 Å². The van der Waals surface area contributed by atoms with Crippen molar-refractivity contribution in [1.29, 1.82) is 0 Å². The molecule has 25 heavy (non-hydrogen) atoms. The summed E-state index contributed by atoms with van der Waals surface area (Å²) in [6.45, 7) is 1.85. The van der Waals surface area contributed by atoms with E-state index in [0.29, 0.717) is 32.5 Å². The van der Waals surface area contributed by atoms with E-state index in [1.165, 1.54) is 6.26 Å². The molecule has 1 aromatic heterocycles. The molecular formula is C17H29FN4O2S. The summed E-state index contributed by atoms with van der Waals surface area (Å²) in [7, 11) is -1.07. The lowest BCUT2D eigenvalue weighted by Crippen LogP contribution is -2.45. The van der Waals surface area contributed by atoms with Crippen LogP contribution in [0.5, 0.6) is 0 Å². The highest BCUT2D eigenvalue weighted by molar-refractivity contribution is 7.91. The fourth-order valence-electron chi connectivity index (χ4n) is 4.11. The molecule has 1 N–H and O–H groups in total. The van der Waals surface area contributed by atoms with Gasteiger partial charge >= 0.3 is 0 Å². The van der Waals surface area contributed by atoms with Crippen molar-refractivity contribution in [3.8, 4) is 0 Å². The number of rotatable bonds is 6. The molecule has 8 heteroatoms. The lowest BCUT2D eigenvalue weighted by Gasteiger charge is -2.31. The number of halogens is 1. The molecule has 2 heterocycles. The van der Waals surface area contributed by atoms with Crippen molar-refractivity contribution in [3.63, 3.8) is 0 Å². The summed E-state index contributed by atoms with van der Waals surface area (Å²) >= 11 is 0. The predicted molar refractivity (Wildman–Crippen MR) is 95.8 cm³/mol. The highest BCUT2D eigenvalue weighted by Crippen LogP contribution is 2.26. The van der Waals surface area contributed by atoms with Gasteiger partial charge in [-0.3, -0.25) is 9.58 Å². The molecule has 2 unspecified atom stereocenters. The summed E-state index contributed by atoms with van der Waals surface area (Å²) in [4.78, 5) is 2.17. The molecule has 6 nitrogen and oxygen atoms in total. The maximum absolute atomic E-state index is 14.0. The van der Waals surface area contributed by atoms with Crippen LogP contribution in [0.1, 0.15) is 37.8 Å². The van der Waals surface area contributed by atoms with Crippen LogP contribution in [0.4, 0.5) is 4.39 Å². The summed E-state index contributed by atoms with van der Waals surface area (Å²) in [6, 6.07) is 2.32. The summed E-state index contributed by atoms with van der Waals surface area (Å²) in [5.41, 5.74) is 1.08. The second-order valence-corrected chi connectivity index (χ2v) is 9.91. The summed E-state index contributed by atoms with van der Waals surface area (Å²) < 4.78 is 39.4. The number of alkyl halides is 1. The standard InChI is InChI=1S/C17H29FN4O2S/c1-21-15(6-7-20-21)12-22-11-13(18)8-16(22)10-19-14-4-3-5-17(9-14)25(2,23)24/h6-7,13-14,16-17,19H,3-5,8-12H2,1-2H3/t13-,14?,16-,17?/m0/s1. The third-order valence-electron chi connectivity index (χ3n) is 5.64. The summed E-state index contributed by atoms with van der Waals surface area (Å²) in [6.07, 6.45) is 6.21. The minimum atomic E-state index is -2.97. The zero-order valence-corrected chi connectivity index (χ0v) is 15.9. The van der Waals surface area contributed by atoms with Gasteiger partial charge in [0.2, 0.25) is 0 Å². The Hall–Kier alpha value is -0.990. The van der Waals surface area contributed by atoms with Gasteiger partial charge in [-0.05, 0) is 31.7 Å². The molecule has 1 saturated carbocycles. The first-order valence-electron chi connectivity index (χ1n) is 9.10. The minimum Gasteiger partial charge on any atom is -0.312 e. The molecule has 1 aliphatic carbocycles. The molecule has 1 aliphatic heterocycles. The Bertz CT molecular complexity index is 678. The molecular weight excluding hydrogens is 343 g/mol. The van der Waals surface area contributed by atoms with Gasteiger partial charge in [0.05, 0.1) is 10.9 Å². The lowest BCUT2D eigenvalue weighted by molar-refractivity contribution is 0.216. The average Bonchev–Trinajstić information content (AvgIpc) is 3.11. The van der Waals surface area contributed by atoms with Crippen LogP contribution in [0, 0.1) is 0 Å². The monoisotopic (exact) mass is 372 g/mol. The van der Waals surface area contributed by atoms with E-state index in [1.807, 2.05) is 17.8 Å². The number of aryl methyl sites for hydroxylation is 1. The first-order valence-corrected chi connectivity index (χ1v) is 11.1. The Balaban J connectivity index is 1.55. The highest BCUT2D eigenvalue weighted by Gasteiger charge is 2.34. The van der Waals surface area contributed by atoms with Gasteiger partial charge in [0.1, 0.15) is 16.0 Å². The summed E-state index contributed by atoms with van der Waals surface area (Å²) in [5, 5.41) is 7.46. The van der Waals surface area contributed by atoms with Crippen molar-refractivity contribution in [2.45, 2.75) is 62.2 Å². The van der Waals surface area contributed by atoms with Gasteiger partial charge < -0.3 is 5.32 Å². The Morgan fingerprint density at radius 3 is 2.84 bits per heavy atom. The molecule has 2 aliphatic rings. The molecule has 0 radical (unpaired) electrons. The topological polar surface area (TPSA) is 67.2 Å². The molecule has 0 aromatic carbocycles. The van der Waals surface area contributed by atoms with Crippen LogP contribution in [0.2, 0.25) is 0 Å². The smallest absolute Gasteiger partial charge is 0.150 e. The van der Waals surface area contributed by atoms with E-state index in [0.717, 1.165) is 25.0 Å². The Kier molecular flexibility index (Phi) is 5.80. The predicted octanol–water partition coefficient (Wildman–Crippen LogP) is 1.28. The molecule has 0 spiro atoms. The van der Waals surface area contributed by atoms with Crippen LogP contribution in [-0.2, 0) is 23.4 Å². The van der Waals surface area contributed by atoms with E-state index in [-0.39, 0.29) is 17.3 Å². The van der Waals surface area contributed by atoms with Gasteiger partial charge in [0, 0.05) is 51.2 Å². The number of nitrogens with one attached hydrogen (secondary N) is 1. The quantitative estimate of drug-likeness (QED) is 0.815. The van der Waals surface area contributed by atoms with Crippen molar-refractivity contribution < 1.29 is 12.8 Å². The maximum atomic E-state index is 14.0. The molecule has 142 valence electrons. The number of hydrogen-bond acceptors (Lipinski definition) is 5. The van der Waals surface area contributed by atoms with Gasteiger partial charge in [-0.15, -0.1) is 0 Å². The van der Waals surface area contributed by atoms with E-state index in [1.54, 1.807) is 6.20 Å². The highest BCUT2D eigenvalue weighted by atomic mass is 32.2. The molecule has 1 saturated heterocycles. The Morgan fingerprint density at radius 2 is 2.16 bits per heavy atom. The second-order valence-electron chi connectivity index (χ2n) is 7.59. The first-order chi connectivity index (χ1) is 11.8. The third kappa shape index (κ3) is 4.80. The van der Waals surface area contributed by atoms with Crippen molar-refractivity contribution in [3.05, 3.63) is 18.0 Å². The fraction of sp³-hybridized carbons (Fsp3) is 0.824. The molecule has 0 bridgehead atoms. The van der Waals surface area contributed by atoms with Gasteiger partial charge in [-0.1, -0.05) is 6.42 Å². The van der Waals surface area contributed by atoms with Gasteiger partial charge in [0.25, 0.3) is 0 Å². The Morgan fingerprint density at radius 1 is 1.36 bits per heavy atom. The zero-order valence-electron chi connectivity index (χ0n) is 15.1. The second kappa shape index (κ2) is 7.72. The van der Waals surface area contributed by atoms with Gasteiger partial charge in [0.15, 0.2) is 0 Å². The number of likely N-dealkylation sites (tertiary alicyclic amines) is 1. The first kappa shape index (κ1) is 18.8. The van der Waals surface area contributed by atoms with E-state index in [4.69, 9.17) is 0 Å². The van der Waals surface area contributed by atoms with E-state index in [2.05, 4.69) is 15.3 Å². The van der Waals surface area contributed by atoms with E-state index >= 15 is 0 Å². The summed E-state index contributed by atoms with van der Waals surface area (Å²) in [5.74, 6) is 0. The molecule has 3 rings (SSSR count). The Labute approximate surface area is 149 Å². The average molecular weight is 373 g/mol. The number of aromatic nitrogens is 2. The van der Waals surface area contributed by atoms with Crippen LogP contribution in [0.25, 0.3) is 0 Å². The zero-order chi connectivity index (χ0) is 18.0. The van der Waals surface area contributed by atoms with Crippen molar-refractivity contribution in [2.75, 3.05) is 19.3 Å².